The Morgan fingerprint density at radius 3 is 2.62 bits per heavy atom. The number of rotatable bonds is 4. The summed E-state index contributed by atoms with van der Waals surface area (Å²) in [6, 6.07) is 14.8. The molecule has 3 aromatic rings. The molecule has 3 rings (SSSR count). The molecule has 6 heteroatoms. The van der Waals surface area contributed by atoms with Crippen molar-refractivity contribution in [1.82, 2.24) is 10.3 Å². The second kappa shape index (κ2) is 7.26. The number of aromatic nitrogens is 1. The van der Waals surface area contributed by atoms with E-state index in [1.54, 1.807) is 36.7 Å². The van der Waals surface area contributed by atoms with E-state index in [1.807, 2.05) is 18.2 Å². The van der Waals surface area contributed by atoms with E-state index in [4.69, 9.17) is 16.9 Å². The van der Waals surface area contributed by atoms with Gasteiger partial charge in [0.1, 0.15) is 0 Å². The molecule has 24 heavy (non-hydrogen) atoms. The number of carbonyl (C=O) groups excluding carboxylic acids is 1. The van der Waals surface area contributed by atoms with Crippen molar-refractivity contribution in [2.75, 3.05) is 0 Å². The van der Waals surface area contributed by atoms with Crippen molar-refractivity contribution in [3.63, 3.8) is 0 Å². The Balaban J connectivity index is 1.71. The first-order chi connectivity index (χ1) is 11.7. The zero-order valence-electron chi connectivity index (χ0n) is 12.5. The molecule has 0 radical (unpaired) electrons. The summed E-state index contributed by atoms with van der Waals surface area (Å²) in [5, 5.41) is 11.7. The predicted octanol–water partition coefficient (Wildman–Crippen LogP) is 4.27. The lowest BCUT2D eigenvalue weighted by molar-refractivity contribution is 0.0955. The maximum atomic E-state index is 12.0. The third-order valence-corrected chi connectivity index (χ3v) is 4.62. The summed E-state index contributed by atoms with van der Waals surface area (Å²) in [5.41, 5.74) is 3.42. The number of hydrogen-bond donors (Lipinski definition) is 1. The van der Waals surface area contributed by atoms with Crippen LogP contribution in [0.4, 0.5) is 0 Å². The Hall–Kier alpha value is -2.68. The molecule has 2 heterocycles. The lowest BCUT2D eigenvalue weighted by atomic mass is 10.0. The van der Waals surface area contributed by atoms with Gasteiger partial charge in [0.25, 0.3) is 5.91 Å². The molecular formula is C18H12ClN3OS. The fourth-order valence-electron chi connectivity index (χ4n) is 2.19. The molecule has 2 aromatic heterocycles. The maximum Gasteiger partial charge on any atom is 0.261 e. The molecule has 118 valence electrons. The predicted molar refractivity (Wildman–Crippen MR) is 94.9 cm³/mol. The fraction of sp³-hybridized carbons (Fsp3) is 0.0556. The van der Waals surface area contributed by atoms with Gasteiger partial charge in [-0.1, -0.05) is 23.7 Å². The maximum absolute atomic E-state index is 12.0. The van der Waals surface area contributed by atoms with E-state index < -0.39 is 0 Å². The van der Waals surface area contributed by atoms with Crippen LogP contribution in [0.15, 0.2) is 54.9 Å². The third-order valence-electron chi connectivity index (χ3n) is 3.39. The minimum absolute atomic E-state index is 0.157. The summed E-state index contributed by atoms with van der Waals surface area (Å²) in [7, 11) is 0. The molecule has 0 saturated carbocycles. The number of carbonyl (C=O) groups is 1. The van der Waals surface area contributed by atoms with Crippen molar-refractivity contribution in [1.29, 1.82) is 5.26 Å². The average molecular weight is 354 g/mol. The van der Waals surface area contributed by atoms with Crippen LogP contribution in [0.25, 0.3) is 11.1 Å². The van der Waals surface area contributed by atoms with E-state index >= 15 is 0 Å². The number of nitriles is 1. The lowest BCUT2D eigenvalue weighted by Crippen LogP contribution is -2.21. The summed E-state index contributed by atoms with van der Waals surface area (Å²) in [6.07, 6.45) is 3.47. The van der Waals surface area contributed by atoms with Gasteiger partial charge in [0.05, 0.1) is 20.8 Å². The van der Waals surface area contributed by atoms with E-state index in [9.17, 15) is 4.79 Å². The minimum atomic E-state index is -0.157. The van der Waals surface area contributed by atoms with E-state index in [0.29, 0.717) is 21.3 Å². The van der Waals surface area contributed by atoms with E-state index in [1.165, 1.54) is 11.3 Å². The summed E-state index contributed by atoms with van der Waals surface area (Å²) < 4.78 is 0.588. The van der Waals surface area contributed by atoms with Crippen LogP contribution < -0.4 is 5.32 Å². The number of thiophene rings is 1. The molecule has 0 fully saturated rings. The minimum Gasteiger partial charge on any atom is -0.347 e. The molecular weight excluding hydrogens is 342 g/mol. The second-order valence-corrected chi connectivity index (χ2v) is 6.77. The van der Waals surface area contributed by atoms with Gasteiger partial charge in [-0.05, 0) is 41.5 Å². The summed E-state index contributed by atoms with van der Waals surface area (Å²) in [5.74, 6) is -0.157. The molecule has 0 atom stereocenters. The number of nitrogens with zero attached hydrogens (tertiary/aromatic N) is 2. The van der Waals surface area contributed by atoms with Crippen LogP contribution in [0.5, 0.6) is 0 Å². The SMILES string of the molecule is N#Cc1ccc(-c2cncc(CNC(=O)c3ccc(Cl)s3)c2)cc1. The van der Waals surface area contributed by atoms with Crippen LogP contribution in [0.2, 0.25) is 4.34 Å². The highest BCUT2D eigenvalue weighted by Gasteiger charge is 2.08. The summed E-state index contributed by atoms with van der Waals surface area (Å²) >= 11 is 7.09. The van der Waals surface area contributed by atoms with Gasteiger partial charge in [-0.25, -0.2) is 0 Å². The Labute approximate surface area is 148 Å². The van der Waals surface area contributed by atoms with Crippen LogP contribution in [-0.2, 0) is 6.54 Å². The Morgan fingerprint density at radius 2 is 1.96 bits per heavy atom. The second-order valence-electron chi connectivity index (χ2n) is 5.06. The quantitative estimate of drug-likeness (QED) is 0.761. The van der Waals surface area contributed by atoms with Crippen molar-refractivity contribution in [3.05, 3.63) is 75.2 Å². The number of pyridine rings is 1. The number of hydrogen-bond acceptors (Lipinski definition) is 4. The van der Waals surface area contributed by atoms with E-state index in [-0.39, 0.29) is 5.91 Å². The first-order valence-corrected chi connectivity index (χ1v) is 8.33. The Bertz CT molecular complexity index is 913. The smallest absolute Gasteiger partial charge is 0.261 e. The zero-order chi connectivity index (χ0) is 16.9. The fourth-order valence-corrected chi connectivity index (χ4v) is 3.14. The van der Waals surface area contributed by atoms with Gasteiger partial charge in [0.2, 0.25) is 0 Å². The van der Waals surface area contributed by atoms with Crippen LogP contribution >= 0.6 is 22.9 Å². The van der Waals surface area contributed by atoms with E-state index in [2.05, 4.69) is 16.4 Å². The van der Waals surface area contributed by atoms with Gasteiger partial charge in [-0.2, -0.15) is 5.26 Å². The van der Waals surface area contributed by atoms with E-state index in [0.717, 1.165) is 16.7 Å². The van der Waals surface area contributed by atoms with Crippen LogP contribution in [0.1, 0.15) is 20.8 Å². The van der Waals surface area contributed by atoms with Crippen LogP contribution in [-0.4, -0.2) is 10.9 Å². The third kappa shape index (κ3) is 3.80. The number of nitrogens with one attached hydrogen (secondary N) is 1. The van der Waals surface area contributed by atoms with Gasteiger partial charge < -0.3 is 5.32 Å². The average Bonchev–Trinajstić information content (AvgIpc) is 3.06. The molecule has 4 nitrogen and oxygen atoms in total. The first-order valence-electron chi connectivity index (χ1n) is 7.14. The first kappa shape index (κ1) is 16.2. The highest BCUT2D eigenvalue weighted by molar-refractivity contribution is 7.17. The highest BCUT2D eigenvalue weighted by atomic mass is 35.5. The molecule has 1 N–H and O–H groups in total. The molecule has 1 aromatic carbocycles. The van der Waals surface area contributed by atoms with Crippen molar-refractivity contribution in [3.8, 4) is 17.2 Å². The van der Waals surface area contributed by atoms with Crippen LogP contribution in [0.3, 0.4) is 0 Å². The molecule has 0 bridgehead atoms. The Morgan fingerprint density at radius 1 is 1.17 bits per heavy atom. The molecule has 0 aliphatic rings. The van der Waals surface area contributed by atoms with Crippen LogP contribution in [0, 0.1) is 11.3 Å². The lowest BCUT2D eigenvalue weighted by Gasteiger charge is -2.06. The zero-order valence-corrected chi connectivity index (χ0v) is 14.1. The topological polar surface area (TPSA) is 65.8 Å². The molecule has 0 aliphatic heterocycles. The van der Waals surface area contributed by atoms with Gasteiger partial charge in [-0.15, -0.1) is 11.3 Å². The Kier molecular flexibility index (Phi) is 4.90. The molecule has 0 unspecified atom stereocenters. The van der Waals surface area contributed by atoms with Gasteiger partial charge in [-0.3, -0.25) is 9.78 Å². The van der Waals surface area contributed by atoms with Gasteiger partial charge in [0, 0.05) is 24.5 Å². The monoisotopic (exact) mass is 353 g/mol. The van der Waals surface area contributed by atoms with Gasteiger partial charge >= 0.3 is 0 Å². The summed E-state index contributed by atoms with van der Waals surface area (Å²) in [4.78, 5) is 16.8. The molecule has 1 amide bonds. The van der Waals surface area contributed by atoms with Crippen molar-refractivity contribution in [2.45, 2.75) is 6.54 Å². The van der Waals surface area contributed by atoms with Crippen molar-refractivity contribution < 1.29 is 4.79 Å². The molecule has 0 aliphatic carbocycles. The largest absolute Gasteiger partial charge is 0.347 e. The standard InChI is InChI=1S/C18H12ClN3OS/c19-17-6-5-16(24-17)18(23)22-10-13-7-15(11-21-9-13)14-3-1-12(8-20)2-4-14/h1-7,9,11H,10H2,(H,22,23). The highest BCUT2D eigenvalue weighted by Crippen LogP contribution is 2.22. The number of amides is 1. The van der Waals surface area contributed by atoms with Crippen molar-refractivity contribution >= 4 is 28.8 Å². The van der Waals surface area contributed by atoms with Crippen molar-refractivity contribution in [2.24, 2.45) is 0 Å². The summed E-state index contributed by atoms with van der Waals surface area (Å²) in [6.45, 7) is 0.380. The molecule has 0 spiro atoms. The normalized spacial score (nSPS) is 10.2. The molecule has 0 saturated heterocycles. The van der Waals surface area contributed by atoms with Gasteiger partial charge in [0.15, 0.2) is 0 Å². The number of halogens is 1. The number of benzene rings is 1.